The number of aliphatic hydroxyl groups is 1. The van der Waals surface area contributed by atoms with Gasteiger partial charge in [-0.15, -0.1) is 17.9 Å². The fourth-order valence-electron chi connectivity index (χ4n) is 3.98. The fourth-order valence-corrected chi connectivity index (χ4v) is 4.91. The number of aliphatic hydroxyl groups excluding tert-OH is 1. The first-order valence-corrected chi connectivity index (χ1v) is 12.2. The van der Waals surface area contributed by atoms with E-state index < -0.39 is 6.10 Å². The van der Waals surface area contributed by atoms with Crippen molar-refractivity contribution in [3.8, 4) is 5.75 Å². The number of carbonyl (C=O) groups is 1. The van der Waals surface area contributed by atoms with Crippen molar-refractivity contribution in [2.75, 3.05) is 59.7 Å². The van der Waals surface area contributed by atoms with Crippen LogP contribution in [-0.4, -0.2) is 86.6 Å². The summed E-state index contributed by atoms with van der Waals surface area (Å²) >= 11 is 1.68. The molecular weight excluding hydrogens is 459 g/mol. The van der Waals surface area contributed by atoms with Crippen molar-refractivity contribution in [2.45, 2.75) is 18.6 Å². The number of benzene rings is 1. The molecule has 0 saturated carbocycles. The van der Waals surface area contributed by atoms with Crippen LogP contribution in [0.3, 0.4) is 0 Å². The zero-order chi connectivity index (χ0) is 24.3. The summed E-state index contributed by atoms with van der Waals surface area (Å²) in [6, 6.07) is 7.77. The molecule has 1 aromatic carbocycles. The van der Waals surface area contributed by atoms with Gasteiger partial charge >= 0.3 is 0 Å². The molecule has 7 nitrogen and oxygen atoms in total. The largest absolute Gasteiger partial charge is 0.491 e. The normalized spacial score (nSPS) is 16.4. The molecule has 2 aromatic rings. The van der Waals surface area contributed by atoms with Gasteiger partial charge in [0.05, 0.1) is 38.5 Å². The molecular formula is C25H33FN2O5S. The van der Waals surface area contributed by atoms with Crippen LogP contribution >= 0.6 is 11.3 Å². The molecule has 1 aliphatic rings. The summed E-state index contributed by atoms with van der Waals surface area (Å²) in [7, 11) is 1.60. The van der Waals surface area contributed by atoms with Crippen molar-refractivity contribution in [3.63, 3.8) is 0 Å². The number of fused-ring (bicyclic) bond motifs is 1. The van der Waals surface area contributed by atoms with Gasteiger partial charge in [-0.1, -0.05) is 12.1 Å². The maximum Gasteiger partial charge on any atom is 0.237 e. The Morgan fingerprint density at radius 3 is 3.06 bits per heavy atom. The van der Waals surface area contributed by atoms with Crippen LogP contribution in [0.5, 0.6) is 5.75 Å². The summed E-state index contributed by atoms with van der Waals surface area (Å²) in [6.45, 7) is 6.29. The van der Waals surface area contributed by atoms with E-state index in [0.717, 1.165) is 12.0 Å². The van der Waals surface area contributed by atoms with Gasteiger partial charge in [-0.3, -0.25) is 9.69 Å². The number of hydrogen-bond donors (Lipinski definition) is 1. The lowest BCUT2D eigenvalue weighted by Crippen LogP contribution is -2.48. The van der Waals surface area contributed by atoms with Gasteiger partial charge in [0.25, 0.3) is 0 Å². The highest BCUT2D eigenvalue weighted by atomic mass is 32.1. The Kier molecular flexibility index (Phi) is 10.5. The van der Waals surface area contributed by atoms with Crippen LogP contribution in [0.2, 0.25) is 0 Å². The summed E-state index contributed by atoms with van der Waals surface area (Å²) in [5, 5.41) is 12.4. The minimum Gasteiger partial charge on any atom is -0.491 e. The first-order chi connectivity index (χ1) is 16.5. The van der Waals surface area contributed by atoms with Gasteiger partial charge in [0, 0.05) is 37.7 Å². The van der Waals surface area contributed by atoms with Crippen LogP contribution in [0.1, 0.15) is 16.5 Å². The summed E-state index contributed by atoms with van der Waals surface area (Å²) in [5.74, 6) is 0.00818. The van der Waals surface area contributed by atoms with Gasteiger partial charge < -0.3 is 24.2 Å². The Hall–Kier alpha value is -2.30. The van der Waals surface area contributed by atoms with E-state index >= 15 is 0 Å². The predicted octanol–water partition coefficient (Wildman–Crippen LogP) is 2.90. The number of ether oxygens (including phenoxy) is 3. The lowest BCUT2D eigenvalue weighted by Gasteiger charge is -2.37. The molecule has 2 heterocycles. The average molecular weight is 493 g/mol. The lowest BCUT2D eigenvalue weighted by atomic mass is 10.0. The van der Waals surface area contributed by atoms with E-state index in [9.17, 15) is 14.3 Å². The monoisotopic (exact) mass is 492 g/mol. The first-order valence-electron chi connectivity index (χ1n) is 11.3. The van der Waals surface area contributed by atoms with Gasteiger partial charge in [0.2, 0.25) is 5.91 Å². The van der Waals surface area contributed by atoms with Gasteiger partial charge in [-0.25, -0.2) is 4.39 Å². The number of nitrogens with zero attached hydrogens (tertiary/aromatic N) is 2. The SMILES string of the molecule is C=CCOCC(O)CN(CCOC)CC(=O)N1CCc2sccc2C1COc1cccc(F)c1. The van der Waals surface area contributed by atoms with Crippen molar-refractivity contribution in [2.24, 2.45) is 0 Å². The third kappa shape index (κ3) is 7.61. The molecule has 0 spiro atoms. The maximum absolute atomic E-state index is 13.6. The predicted molar refractivity (Wildman–Crippen MR) is 130 cm³/mol. The molecule has 186 valence electrons. The van der Waals surface area contributed by atoms with Crippen molar-refractivity contribution in [3.05, 3.63) is 64.6 Å². The molecule has 1 amide bonds. The molecule has 1 N–H and O–H groups in total. The third-order valence-electron chi connectivity index (χ3n) is 5.60. The van der Waals surface area contributed by atoms with E-state index in [-0.39, 0.29) is 44.1 Å². The van der Waals surface area contributed by atoms with Crippen molar-refractivity contribution in [1.29, 1.82) is 0 Å². The van der Waals surface area contributed by atoms with E-state index in [1.807, 2.05) is 21.2 Å². The first kappa shape index (κ1) is 26.3. The van der Waals surface area contributed by atoms with Crippen molar-refractivity contribution < 1.29 is 28.5 Å². The van der Waals surface area contributed by atoms with Crippen LogP contribution in [0, 0.1) is 5.82 Å². The van der Waals surface area contributed by atoms with Crippen LogP contribution < -0.4 is 4.74 Å². The number of methoxy groups -OCH3 is 1. The van der Waals surface area contributed by atoms with Crippen LogP contribution in [0.15, 0.2) is 48.4 Å². The topological polar surface area (TPSA) is 71.5 Å². The average Bonchev–Trinajstić information content (AvgIpc) is 3.30. The Bertz CT molecular complexity index is 924. The Labute approximate surface area is 204 Å². The molecule has 0 aliphatic carbocycles. The summed E-state index contributed by atoms with van der Waals surface area (Å²) < 4.78 is 30.0. The maximum atomic E-state index is 13.6. The number of thiophene rings is 1. The van der Waals surface area contributed by atoms with Gasteiger partial charge in [-0.05, 0) is 35.6 Å². The Balaban J connectivity index is 1.68. The highest BCUT2D eigenvalue weighted by molar-refractivity contribution is 7.10. The second-order valence-electron chi connectivity index (χ2n) is 8.13. The quantitative estimate of drug-likeness (QED) is 0.323. The minimum absolute atomic E-state index is 0.0556. The molecule has 0 fully saturated rings. The number of rotatable bonds is 14. The highest BCUT2D eigenvalue weighted by Gasteiger charge is 2.33. The molecule has 34 heavy (non-hydrogen) atoms. The zero-order valence-corrected chi connectivity index (χ0v) is 20.3. The molecule has 1 aliphatic heterocycles. The van der Waals surface area contributed by atoms with E-state index in [1.165, 1.54) is 17.0 Å². The molecule has 0 bridgehead atoms. The number of hydrogen-bond acceptors (Lipinski definition) is 7. The van der Waals surface area contributed by atoms with Gasteiger partial charge in [0.15, 0.2) is 0 Å². The van der Waals surface area contributed by atoms with E-state index in [0.29, 0.717) is 32.1 Å². The summed E-state index contributed by atoms with van der Waals surface area (Å²) in [4.78, 5) is 18.4. The number of amides is 1. The molecule has 2 atom stereocenters. The Morgan fingerprint density at radius 2 is 2.29 bits per heavy atom. The minimum atomic E-state index is -0.735. The second kappa shape index (κ2) is 13.6. The number of carbonyl (C=O) groups excluding carboxylic acids is 1. The third-order valence-corrected chi connectivity index (χ3v) is 6.60. The zero-order valence-electron chi connectivity index (χ0n) is 19.5. The van der Waals surface area contributed by atoms with Crippen molar-refractivity contribution >= 4 is 17.2 Å². The van der Waals surface area contributed by atoms with Gasteiger partial charge in [-0.2, -0.15) is 0 Å². The lowest BCUT2D eigenvalue weighted by molar-refractivity contribution is -0.136. The van der Waals surface area contributed by atoms with E-state index in [4.69, 9.17) is 14.2 Å². The van der Waals surface area contributed by atoms with Crippen molar-refractivity contribution in [1.82, 2.24) is 9.80 Å². The molecule has 2 unspecified atom stereocenters. The molecule has 0 saturated heterocycles. The van der Waals surface area contributed by atoms with Crippen LogP contribution in [0.25, 0.3) is 0 Å². The number of halogens is 1. The molecule has 3 rings (SSSR count). The van der Waals surface area contributed by atoms with E-state index in [2.05, 4.69) is 6.58 Å². The Morgan fingerprint density at radius 1 is 1.44 bits per heavy atom. The fraction of sp³-hybridized carbons (Fsp3) is 0.480. The molecule has 1 aromatic heterocycles. The molecule has 9 heteroatoms. The standard InChI is InChI=1S/C25H33FN2O5S/c1-3-11-32-17-20(29)15-27(10-12-31-2)16-25(30)28-9-7-24-22(8-13-34-24)23(28)18-33-21-6-4-5-19(26)14-21/h3-6,8,13-14,20,23,29H,1,7,9-12,15-18H2,2H3. The van der Waals surface area contributed by atoms with Crippen LogP contribution in [0.4, 0.5) is 4.39 Å². The highest BCUT2D eigenvalue weighted by Crippen LogP contribution is 2.34. The summed E-state index contributed by atoms with van der Waals surface area (Å²) in [6.07, 6.45) is 1.67. The smallest absolute Gasteiger partial charge is 0.237 e. The van der Waals surface area contributed by atoms with E-state index in [1.54, 1.807) is 36.7 Å². The second-order valence-corrected chi connectivity index (χ2v) is 9.13. The molecule has 0 radical (unpaired) electrons. The van der Waals surface area contributed by atoms with Crippen LogP contribution in [-0.2, 0) is 20.7 Å². The summed E-state index contributed by atoms with van der Waals surface area (Å²) in [5.41, 5.74) is 1.07. The van der Waals surface area contributed by atoms with Gasteiger partial charge in [0.1, 0.15) is 18.2 Å².